The first-order valence-corrected chi connectivity index (χ1v) is 11.0. The van der Waals surface area contributed by atoms with Crippen LogP contribution in [0.2, 0.25) is 0 Å². The quantitative estimate of drug-likeness (QED) is 0.310. The van der Waals surface area contributed by atoms with E-state index in [2.05, 4.69) is 10.6 Å². The molecule has 0 unspecified atom stereocenters. The molecule has 6 aromatic rings. The largest absolute Gasteiger partial charge is 0.356 e. The first-order valence-electron chi connectivity index (χ1n) is 11.0. The van der Waals surface area contributed by atoms with Crippen molar-refractivity contribution in [2.24, 2.45) is 0 Å². The first kappa shape index (κ1) is 20.0. The molecule has 7 heteroatoms. The Hall–Kier alpha value is -4.62. The average molecular weight is 447 g/mol. The minimum atomic E-state index is -1.11. The Balaban J connectivity index is 1.40. The van der Waals surface area contributed by atoms with Crippen LogP contribution >= 0.6 is 0 Å². The van der Waals surface area contributed by atoms with Crippen molar-refractivity contribution in [1.82, 2.24) is 18.8 Å². The number of aliphatic hydroxyl groups excluding tert-OH is 1. The molecular formula is C27H22N6O. The molecular weight excluding hydrogens is 424 g/mol. The van der Waals surface area contributed by atoms with E-state index < -0.39 is 6.35 Å². The summed E-state index contributed by atoms with van der Waals surface area (Å²) >= 11 is 0. The van der Waals surface area contributed by atoms with Gasteiger partial charge in [-0.2, -0.15) is 0 Å². The van der Waals surface area contributed by atoms with Gasteiger partial charge < -0.3 is 15.7 Å². The fraction of sp³-hybridized carbons (Fsp3) is 0.0370. The van der Waals surface area contributed by atoms with Gasteiger partial charge in [-0.05, 0) is 24.3 Å². The summed E-state index contributed by atoms with van der Waals surface area (Å²) in [6.45, 7) is 0. The van der Waals surface area contributed by atoms with E-state index in [4.69, 9.17) is 9.97 Å². The zero-order valence-corrected chi connectivity index (χ0v) is 18.2. The maximum Gasteiger partial charge on any atom is 0.205 e. The van der Waals surface area contributed by atoms with E-state index in [1.165, 1.54) is 0 Å². The van der Waals surface area contributed by atoms with Crippen LogP contribution in [0, 0.1) is 0 Å². The number of rotatable bonds is 6. The van der Waals surface area contributed by atoms with Crippen molar-refractivity contribution in [1.29, 1.82) is 0 Å². The number of anilines is 2. The lowest BCUT2D eigenvalue weighted by molar-refractivity contribution is 0.231. The number of aliphatic hydroxyl groups is 1. The lowest BCUT2D eigenvalue weighted by Crippen LogP contribution is -2.29. The lowest BCUT2D eigenvalue weighted by Gasteiger charge is -2.18. The maximum atomic E-state index is 11.1. The van der Waals surface area contributed by atoms with Crippen LogP contribution in [-0.4, -0.2) is 30.2 Å². The van der Waals surface area contributed by atoms with Gasteiger partial charge in [-0.15, -0.1) is 0 Å². The molecule has 0 saturated heterocycles. The molecule has 6 rings (SSSR count). The Morgan fingerprint density at radius 2 is 0.971 bits per heavy atom. The smallest absolute Gasteiger partial charge is 0.205 e. The fourth-order valence-corrected chi connectivity index (χ4v) is 4.16. The second-order valence-corrected chi connectivity index (χ2v) is 7.90. The van der Waals surface area contributed by atoms with Crippen molar-refractivity contribution < 1.29 is 5.11 Å². The maximum absolute atomic E-state index is 11.1. The molecule has 0 spiro atoms. The molecule has 0 fully saturated rings. The molecule has 4 heterocycles. The van der Waals surface area contributed by atoms with Gasteiger partial charge in [0, 0.05) is 23.5 Å². The summed E-state index contributed by atoms with van der Waals surface area (Å²) in [5, 5.41) is 17.6. The van der Waals surface area contributed by atoms with Crippen molar-refractivity contribution >= 4 is 22.9 Å². The van der Waals surface area contributed by atoms with Gasteiger partial charge in [-0.3, -0.25) is 8.80 Å². The highest BCUT2D eigenvalue weighted by Crippen LogP contribution is 2.31. The van der Waals surface area contributed by atoms with Crippen LogP contribution in [0.25, 0.3) is 33.8 Å². The van der Waals surface area contributed by atoms with Gasteiger partial charge in [0.15, 0.2) is 0 Å². The Bertz CT molecular complexity index is 1450. The number of nitrogens with one attached hydrogen (secondary N) is 2. The van der Waals surface area contributed by atoms with E-state index >= 15 is 0 Å². The number of hydrogen-bond donors (Lipinski definition) is 3. The summed E-state index contributed by atoms with van der Waals surface area (Å²) in [4.78, 5) is 9.58. The SMILES string of the molecule is OC(Nc1c(-c2ccccc2)nc2ccccn12)Nc1c(-c2ccccc2)nc2ccccn12. The minimum Gasteiger partial charge on any atom is -0.356 e. The fourth-order valence-electron chi connectivity index (χ4n) is 4.16. The third-order valence-corrected chi connectivity index (χ3v) is 5.70. The van der Waals surface area contributed by atoms with Gasteiger partial charge in [0.25, 0.3) is 0 Å². The van der Waals surface area contributed by atoms with E-state index in [1.54, 1.807) is 0 Å². The molecule has 0 saturated carbocycles. The van der Waals surface area contributed by atoms with Crippen LogP contribution in [-0.2, 0) is 0 Å². The van der Waals surface area contributed by atoms with E-state index in [1.807, 2.05) is 118 Å². The molecule has 0 radical (unpaired) electrons. The number of nitrogens with zero attached hydrogens (tertiary/aromatic N) is 4. The predicted octanol–water partition coefficient (Wildman–Crippen LogP) is 5.12. The molecule has 0 aliphatic carbocycles. The van der Waals surface area contributed by atoms with Crippen molar-refractivity contribution in [3.63, 3.8) is 0 Å². The van der Waals surface area contributed by atoms with E-state index in [0.29, 0.717) is 11.6 Å². The van der Waals surface area contributed by atoms with Crippen LogP contribution in [0.3, 0.4) is 0 Å². The van der Waals surface area contributed by atoms with Crippen LogP contribution in [0.4, 0.5) is 11.6 Å². The van der Waals surface area contributed by atoms with Crippen LogP contribution in [0.1, 0.15) is 0 Å². The average Bonchev–Trinajstić information content (AvgIpc) is 3.44. The minimum absolute atomic E-state index is 0.692. The number of fused-ring (bicyclic) bond motifs is 2. The summed E-state index contributed by atoms with van der Waals surface area (Å²) in [7, 11) is 0. The van der Waals surface area contributed by atoms with Crippen molar-refractivity contribution in [2.75, 3.05) is 10.6 Å². The van der Waals surface area contributed by atoms with Gasteiger partial charge >= 0.3 is 0 Å². The topological polar surface area (TPSA) is 78.9 Å². The molecule has 0 aliphatic heterocycles. The Labute approximate surface area is 196 Å². The Morgan fingerprint density at radius 3 is 1.41 bits per heavy atom. The molecule has 3 N–H and O–H groups in total. The third-order valence-electron chi connectivity index (χ3n) is 5.70. The lowest BCUT2D eigenvalue weighted by atomic mass is 10.1. The highest BCUT2D eigenvalue weighted by atomic mass is 16.3. The first-order chi connectivity index (χ1) is 16.8. The summed E-state index contributed by atoms with van der Waals surface area (Å²) in [6.07, 6.45) is 2.74. The van der Waals surface area contributed by atoms with Crippen molar-refractivity contribution in [2.45, 2.75) is 6.35 Å². The monoisotopic (exact) mass is 446 g/mol. The molecule has 4 aromatic heterocycles. The molecule has 0 amide bonds. The van der Waals surface area contributed by atoms with Gasteiger partial charge in [-0.25, -0.2) is 9.97 Å². The second-order valence-electron chi connectivity index (χ2n) is 7.90. The zero-order chi connectivity index (χ0) is 22.9. The second kappa shape index (κ2) is 8.38. The summed E-state index contributed by atoms with van der Waals surface area (Å²) < 4.78 is 3.86. The van der Waals surface area contributed by atoms with Crippen LogP contribution < -0.4 is 10.6 Å². The Kier molecular flexibility index (Phi) is 4.94. The van der Waals surface area contributed by atoms with Crippen molar-refractivity contribution in [3.8, 4) is 22.5 Å². The number of benzene rings is 2. The molecule has 34 heavy (non-hydrogen) atoms. The highest BCUT2D eigenvalue weighted by molar-refractivity contribution is 5.78. The van der Waals surface area contributed by atoms with Gasteiger partial charge in [0.05, 0.1) is 0 Å². The normalized spacial score (nSPS) is 11.4. The number of imidazole rings is 2. The third kappa shape index (κ3) is 3.54. The van der Waals surface area contributed by atoms with Gasteiger partial charge in [-0.1, -0.05) is 72.8 Å². The summed E-state index contributed by atoms with van der Waals surface area (Å²) in [5.74, 6) is 1.38. The number of pyridine rings is 2. The highest BCUT2D eigenvalue weighted by Gasteiger charge is 2.20. The van der Waals surface area contributed by atoms with Crippen molar-refractivity contribution in [3.05, 3.63) is 109 Å². The molecule has 0 aliphatic rings. The zero-order valence-electron chi connectivity index (χ0n) is 18.2. The van der Waals surface area contributed by atoms with E-state index in [0.717, 1.165) is 33.8 Å². The van der Waals surface area contributed by atoms with Gasteiger partial charge in [0.2, 0.25) is 6.35 Å². The summed E-state index contributed by atoms with van der Waals surface area (Å²) in [6, 6.07) is 31.5. The molecule has 166 valence electrons. The Morgan fingerprint density at radius 1 is 0.559 bits per heavy atom. The number of hydrogen-bond acceptors (Lipinski definition) is 5. The standard InChI is InChI=1S/C27H22N6O/c34-27(30-25-23(19-11-3-1-4-12-19)28-21-15-7-9-17-32(21)25)31-26-24(20-13-5-2-6-14-20)29-22-16-8-10-18-33(22)26/h1-18,27,30-31,34H. The molecule has 7 nitrogen and oxygen atoms in total. The van der Waals surface area contributed by atoms with Gasteiger partial charge in [0.1, 0.15) is 34.3 Å². The molecule has 0 bridgehead atoms. The van der Waals surface area contributed by atoms with E-state index in [-0.39, 0.29) is 0 Å². The number of aromatic nitrogens is 4. The summed E-state index contributed by atoms with van der Waals surface area (Å²) in [5.41, 5.74) is 5.01. The van der Waals surface area contributed by atoms with Crippen LogP contribution in [0.5, 0.6) is 0 Å². The van der Waals surface area contributed by atoms with E-state index in [9.17, 15) is 5.11 Å². The molecule has 0 atom stereocenters. The predicted molar refractivity (Wildman–Crippen MR) is 135 cm³/mol. The molecule has 2 aromatic carbocycles. The van der Waals surface area contributed by atoms with Crippen LogP contribution in [0.15, 0.2) is 109 Å².